The molecule has 1 atom stereocenters. The molecule has 1 heterocycles. The van der Waals surface area contributed by atoms with Gasteiger partial charge in [-0.3, -0.25) is 0 Å². The molecular weight excluding hydrogens is 244 g/mol. The summed E-state index contributed by atoms with van der Waals surface area (Å²) in [4.78, 5) is 11.7. The first-order valence-corrected chi connectivity index (χ1v) is 6.47. The number of hydrogen-bond acceptors (Lipinski definition) is 5. The van der Waals surface area contributed by atoms with Gasteiger partial charge >= 0.3 is 5.97 Å². The number of rotatable bonds is 4. The van der Waals surface area contributed by atoms with Crippen molar-refractivity contribution in [2.24, 2.45) is 0 Å². The number of nitrogen functional groups attached to an aromatic ring is 1. The number of benzene rings is 1. The fourth-order valence-corrected chi connectivity index (χ4v) is 2.10. The van der Waals surface area contributed by atoms with E-state index in [0.29, 0.717) is 24.5 Å². The number of anilines is 2. The van der Waals surface area contributed by atoms with E-state index in [1.54, 1.807) is 25.1 Å². The maximum Gasteiger partial charge on any atom is 0.338 e. The molecule has 5 nitrogen and oxygen atoms in total. The van der Waals surface area contributed by atoms with E-state index in [-0.39, 0.29) is 11.5 Å². The highest BCUT2D eigenvalue weighted by atomic mass is 16.5. The summed E-state index contributed by atoms with van der Waals surface area (Å²) in [5, 5.41) is 3.37. The Morgan fingerprint density at radius 3 is 3.00 bits per heavy atom. The number of ether oxygens (including phenoxy) is 2. The molecular formula is C14H20N2O3. The van der Waals surface area contributed by atoms with E-state index in [2.05, 4.69) is 12.2 Å². The molecule has 19 heavy (non-hydrogen) atoms. The third-order valence-electron chi connectivity index (χ3n) is 3.22. The van der Waals surface area contributed by atoms with Gasteiger partial charge in [0, 0.05) is 6.61 Å². The van der Waals surface area contributed by atoms with E-state index in [0.717, 1.165) is 18.7 Å². The van der Waals surface area contributed by atoms with Crippen molar-refractivity contribution < 1.29 is 14.3 Å². The molecule has 0 saturated carbocycles. The minimum Gasteiger partial charge on any atom is -0.462 e. The molecule has 0 aromatic heterocycles. The van der Waals surface area contributed by atoms with Gasteiger partial charge in [0.05, 0.1) is 35.7 Å². The predicted molar refractivity (Wildman–Crippen MR) is 74.3 cm³/mol. The number of esters is 1. The van der Waals surface area contributed by atoms with E-state index >= 15 is 0 Å². The van der Waals surface area contributed by atoms with Crippen LogP contribution in [0.25, 0.3) is 0 Å². The summed E-state index contributed by atoms with van der Waals surface area (Å²) in [6.07, 6.45) is 0.913. The van der Waals surface area contributed by atoms with Crippen LogP contribution in [-0.2, 0) is 9.47 Å². The van der Waals surface area contributed by atoms with E-state index in [1.165, 1.54) is 0 Å². The van der Waals surface area contributed by atoms with Crippen molar-refractivity contribution in [1.29, 1.82) is 0 Å². The van der Waals surface area contributed by atoms with Crippen LogP contribution in [0, 0.1) is 0 Å². The molecule has 1 saturated heterocycles. The number of nitrogens with one attached hydrogen (secondary N) is 1. The van der Waals surface area contributed by atoms with E-state index in [1.807, 2.05) is 0 Å². The fraction of sp³-hybridized carbons (Fsp3) is 0.500. The Labute approximate surface area is 113 Å². The Morgan fingerprint density at radius 2 is 2.37 bits per heavy atom. The van der Waals surface area contributed by atoms with Crippen LogP contribution in [0.5, 0.6) is 0 Å². The van der Waals surface area contributed by atoms with Crippen molar-refractivity contribution in [2.75, 3.05) is 30.9 Å². The van der Waals surface area contributed by atoms with Crippen molar-refractivity contribution in [3.8, 4) is 0 Å². The van der Waals surface area contributed by atoms with Gasteiger partial charge in [0.1, 0.15) is 0 Å². The summed E-state index contributed by atoms with van der Waals surface area (Å²) in [6, 6.07) is 5.12. The third-order valence-corrected chi connectivity index (χ3v) is 3.22. The summed E-state index contributed by atoms with van der Waals surface area (Å²) in [7, 11) is 0. The van der Waals surface area contributed by atoms with Crippen molar-refractivity contribution in [3.63, 3.8) is 0 Å². The number of carbonyl (C=O) groups is 1. The lowest BCUT2D eigenvalue weighted by Gasteiger charge is -2.26. The molecule has 2 rings (SSSR count). The van der Waals surface area contributed by atoms with Gasteiger partial charge < -0.3 is 20.5 Å². The molecule has 104 valence electrons. The summed E-state index contributed by atoms with van der Waals surface area (Å²) in [6.45, 7) is 5.59. The molecule has 5 heteroatoms. The van der Waals surface area contributed by atoms with E-state index < -0.39 is 0 Å². The Balaban J connectivity index is 2.19. The molecule has 1 aromatic carbocycles. The zero-order valence-corrected chi connectivity index (χ0v) is 11.4. The van der Waals surface area contributed by atoms with Crippen LogP contribution in [0.4, 0.5) is 11.4 Å². The number of nitrogens with two attached hydrogens (primary N) is 1. The van der Waals surface area contributed by atoms with Crippen LogP contribution in [-0.4, -0.2) is 31.3 Å². The van der Waals surface area contributed by atoms with E-state index in [4.69, 9.17) is 15.2 Å². The first-order chi connectivity index (χ1) is 9.04. The van der Waals surface area contributed by atoms with Gasteiger partial charge in [0.25, 0.3) is 0 Å². The van der Waals surface area contributed by atoms with Gasteiger partial charge in [-0.25, -0.2) is 4.79 Å². The largest absolute Gasteiger partial charge is 0.462 e. The molecule has 0 aliphatic carbocycles. The molecule has 1 aliphatic rings. The Bertz CT molecular complexity index is 468. The Hall–Kier alpha value is -1.75. The lowest BCUT2D eigenvalue weighted by molar-refractivity contribution is 0.0526. The quantitative estimate of drug-likeness (QED) is 0.643. The highest BCUT2D eigenvalue weighted by Crippen LogP contribution is 2.28. The minimum absolute atomic E-state index is 0.137. The average Bonchev–Trinajstić information content (AvgIpc) is 2.79. The normalized spacial score (nSPS) is 22.2. The van der Waals surface area contributed by atoms with Crippen molar-refractivity contribution in [3.05, 3.63) is 23.8 Å². The van der Waals surface area contributed by atoms with Crippen LogP contribution >= 0.6 is 0 Å². The van der Waals surface area contributed by atoms with Gasteiger partial charge in [0.2, 0.25) is 0 Å². The van der Waals surface area contributed by atoms with Crippen molar-refractivity contribution >= 4 is 17.3 Å². The molecule has 0 spiro atoms. The zero-order valence-electron chi connectivity index (χ0n) is 11.4. The van der Waals surface area contributed by atoms with E-state index in [9.17, 15) is 4.79 Å². The van der Waals surface area contributed by atoms with Gasteiger partial charge in [0.15, 0.2) is 0 Å². The lowest BCUT2D eigenvalue weighted by atomic mass is 10.0. The van der Waals surface area contributed by atoms with Crippen molar-refractivity contribution in [1.82, 2.24) is 0 Å². The molecule has 1 unspecified atom stereocenters. The van der Waals surface area contributed by atoms with Gasteiger partial charge in [-0.1, -0.05) is 0 Å². The minimum atomic E-state index is -0.335. The molecule has 1 aromatic rings. The Morgan fingerprint density at radius 1 is 1.58 bits per heavy atom. The second-order valence-electron chi connectivity index (χ2n) is 5.01. The first-order valence-electron chi connectivity index (χ1n) is 6.47. The average molecular weight is 264 g/mol. The summed E-state index contributed by atoms with van der Waals surface area (Å²) in [5.74, 6) is -0.335. The van der Waals surface area contributed by atoms with Gasteiger partial charge in [-0.2, -0.15) is 0 Å². The highest BCUT2D eigenvalue weighted by molar-refractivity contribution is 5.92. The maximum absolute atomic E-state index is 11.7. The molecule has 0 bridgehead atoms. The molecule has 0 radical (unpaired) electrons. The third kappa shape index (κ3) is 3.17. The van der Waals surface area contributed by atoms with Crippen LogP contribution < -0.4 is 11.1 Å². The van der Waals surface area contributed by atoms with Gasteiger partial charge in [-0.15, -0.1) is 0 Å². The van der Waals surface area contributed by atoms with Crippen LogP contribution in [0.2, 0.25) is 0 Å². The monoisotopic (exact) mass is 264 g/mol. The van der Waals surface area contributed by atoms with Crippen LogP contribution in [0.15, 0.2) is 18.2 Å². The Kier molecular flexibility index (Phi) is 3.95. The summed E-state index contributed by atoms with van der Waals surface area (Å²) < 4.78 is 10.4. The second kappa shape index (κ2) is 5.48. The smallest absolute Gasteiger partial charge is 0.338 e. The van der Waals surface area contributed by atoms with Gasteiger partial charge in [-0.05, 0) is 38.5 Å². The molecule has 1 fully saturated rings. The highest BCUT2D eigenvalue weighted by Gasteiger charge is 2.30. The van der Waals surface area contributed by atoms with Crippen molar-refractivity contribution in [2.45, 2.75) is 25.8 Å². The molecule has 1 aliphatic heterocycles. The lowest BCUT2D eigenvalue weighted by Crippen LogP contribution is -2.35. The molecule has 0 amide bonds. The van der Waals surface area contributed by atoms with Crippen LogP contribution in [0.3, 0.4) is 0 Å². The number of hydrogen-bond donors (Lipinski definition) is 2. The second-order valence-corrected chi connectivity index (χ2v) is 5.01. The predicted octanol–water partition coefficient (Wildman–Crippen LogP) is 2.04. The van der Waals surface area contributed by atoms with Crippen LogP contribution in [0.1, 0.15) is 30.6 Å². The zero-order chi connectivity index (χ0) is 13.9. The number of carbonyl (C=O) groups excluding carboxylic acids is 1. The maximum atomic E-state index is 11.7. The first kappa shape index (κ1) is 13.7. The summed E-state index contributed by atoms with van der Waals surface area (Å²) in [5.41, 5.74) is 7.67. The molecule has 3 N–H and O–H groups in total. The SMILES string of the molecule is CCOC(=O)c1ccc(N)c(NC2(C)CCOC2)c1. The topological polar surface area (TPSA) is 73.6 Å². The summed E-state index contributed by atoms with van der Waals surface area (Å²) >= 11 is 0. The standard InChI is InChI=1S/C14H20N2O3/c1-3-19-13(17)10-4-5-11(15)12(8-10)16-14(2)6-7-18-9-14/h4-5,8,16H,3,6-7,9,15H2,1-2H3. The fourth-order valence-electron chi connectivity index (χ4n) is 2.10.